The Bertz CT molecular complexity index is 479. The van der Waals surface area contributed by atoms with Crippen LogP contribution in [0, 0.1) is 10.1 Å². The number of ether oxygens (including phenoxy) is 1. The lowest BCUT2D eigenvalue weighted by atomic mass is 10.1. The first-order valence-electron chi connectivity index (χ1n) is 7.17. The lowest BCUT2D eigenvalue weighted by Crippen LogP contribution is -2.32. The first-order chi connectivity index (χ1) is 10.2. The molecule has 2 N–H and O–H groups in total. The van der Waals surface area contributed by atoms with E-state index in [0.717, 1.165) is 32.4 Å². The number of piperidine rings is 1. The number of anilines is 1. The van der Waals surface area contributed by atoms with E-state index in [4.69, 9.17) is 16.3 Å². The Hall–Kier alpha value is -1.37. The van der Waals surface area contributed by atoms with E-state index in [0.29, 0.717) is 30.0 Å². The van der Waals surface area contributed by atoms with Crippen LogP contribution in [0.15, 0.2) is 18.2 Å². The molecule has 0 bridgehead atoms. The molecule has 21 heavy (non-hydrogen) atoms. The summed E-state index contributed by atoms with van der Waals surface area (Å²) in [6.07, 6.45) is 3.21. The van der Waals surface area contributed by atoms with Crippen molar-refractivity contribution in [2.45, 2.75) is 25.4 Å². The van der Waals surface area contributed by atoms with Crippen LogP contribution < -0.4 is 10.6 Å². The van der Waals surface area contributed by atoms with Crippen LogP contribution >= 0.6 is 11.6 Å². The molecule has 7 heteroatoms. The zero-order chi connectivity index (χ0) is 15.1. The Balaban J connectivity index is 1.74. The lowest BCUT2D eigenvalue weighted by molar-refractivity contribution is -0.383. The quantitative estimate of drug-likeness (QED) is 0.460. The van der Waals surface area contributed by atoms with Crippen LogP contribution in [-0.2, 0) is 4.74 Å². The van der Waals surface area contributed by atoms with E-state index >= 15 is 0 Å². The zero-order valence-corrected chi connectivity index (χ0v) is 12.6. The maximum absolute atomic E-state index is 10.9. The number of nitrogens with zero attached hydrogens (tertiary/aromatic N) is 1. The van der Waals surface area contributed by atoms with Gasteiger partial charge in [-0.1, -0.05) is 17.7 Å². The fraction of sp³-hybridized carbons (Fsp3) is 0.571. The molecule has 0 amide bonds. The summed E-state index contributed by atoms with van der Waals surface area (Å²) in [5.41, 5.74) is 0.382. The molecule has 1 saturated heterocycles. The van der Waals surface area contributed by atoms with Gasteiger partial charge >= 0.3 is 0 Å². The minimum atomic E-state index is -0.431. The first kappa shape index (κ1) is 16.0. The second-order valence-electron chi connectivity index (χ2n) is 4.99. The predicted molar refractivity (Wildman–Crippen MR) is 83.1 cm³/mol. The van der Waals surface area contributed by atoms with E-state index in [2.05, 4.69) is 10.6 Å². The zero-order valence-electron chi connectivity index (χ0n) is 11.8. The molecule has 1 heterocycles. The fourth-order valence-corrected chi connectivity index (χ4v) is 2.57. The third-order valence-corrected chi connectivity index (χ3v) is 3.77. The number of benzene rings is 1. The average molecular weight is 314 g/mol. The van der Waals surface area contributed by atoms with Gasteiger partial charge < -0.3 is 15.4 Å². The number of nitro groups is 1. The molecule has 6 nitrogen and oxygen atoms in total. The number of hydrogen-bond donors (Lipinski definition) is 2. The van der Waals surface area contributed by atoms with Crippen molar-refractivity contribution in [3.63, 3.8) is 0 Å². The Labute approximate surface area is 129 Å². The third-order valence-electron chi connectivity index (χ3n) is 3.45. The van der Waals surface area contributed by atoms with Crippen molar-refractivity contribution in [2.75, 3.05) is 31.6 Å². The fourth-order valence-electron chi connectivity index (χ4n) is 2.34. The number of para-hydroxylation sites is 1. The van der Waals surface area contributed by atoms with Crippen LogP contribution in [0.1, 0.15) is 19.3 Å². The van der Waals surface area contributed by atoms with Crippen LogP contribution in [0.5, 0.6) is 0 Å². The van der Waals surface area contributed by atoms with Crippen LogP contribution in [0.25, 0.3) is 0 Å². The highest BCUT2D eigenvalue weighted by atomic mass is 35.5. The van der Waals surface area contributed by atoms with Gasteiger partial charge in [-0.2, -0.15) is 0 Å². The molecular formula is C14H20ClN3O3. The topological polar surface area (TPSA) is 76.4 Å². The molecule has 1 fully saturated rings. The summed E-state index contributed by atoms with van der Waals surface area (Å²) >= 11 is 6.00. The van der Waals surface area contributed by atoms with Gasteiger partial charge in [-0.3, -0.25) is 10.1 Å². The lowest BCUT2D eigenvalue weighted by Gasteiger charge is -2.22. The van der Waals surface area contributed by atoms with Crippen LogP contribution in [-0.4, -0.2) is 37.3 Å². The van der Waals surface area contributed by atoms with Gasteiger partial charge in [0.05, 0.1) is 16.0 Å². The summed E-state index contributed by atoms with van der Waals surface area (Å²) in [6, 6.07) is 4.66. The van der Waals surface area contributed by atoms with Crippen molar-refractivity contribution in [1.29, 1.82) is 0 Å². The van der Waals surface area contributed by atoms with Gasteiger partial charge in [0, 0.05) is 19.2 Å². The Morgan fingerprint density at radius 3 is 2.90 bits per heavy atom. The minimum Gasteiger partial charge on any atom is -0.378 e. The standard InChI is InChI=1S/C14H20ClN3O3/c15-12-3-1-4-13(18(19)20)14(12)17-7-2-10-21-11-5-8-16-9-6-11/h1,3-4,11,16-17H,2,5-10H2. The van der Waals surface area contributed by atoms with Gasteiger partial charge in [0.15, 0.2) is 0 Å². The molecule has 1 aromatic rings. The van der Waals surface area contributed by atoms with E-state index < -0.39 is 4.92 Å². The van der Waals surface area contributed by atoms with Crippen LogP contribution in [0.3, 0.4) is 0 Å². The van der Waals surface area contributed by atoms with E-state index in [-0.39, 0.29) is 5.69 Å². The molecule has 1 aliphatic heterocycles. The molecule has 0 unspecified atom stereocenters. The summed E-state index contributed by atoms with van der Waals surface area (Å²) in [5, 5.41) is 17.6. The van der Waals surface area contributed by atoms with Crippen molar-refractivity contribution in [1.82, 2.24) is 5.32 Å². The predicted octanol–water partition coefficient (Wildman–Crippen LogP) is 2.82. The molecule has 116 valence electrons. The summed E-state index contributed by atoms with van der Waals surface area (Å²) in [7, 11) is 0. The Morgan fingerprint density at radius 2 is 2.19 bits per heavy atom. The van der Waals surface area contributed by atoms with Crippen LogP contribution in [0.4, 0.5) is 11.4 Å². The SMILES string of the molecule is O=[N+]([O-])c1cccc(Cl)c1NCCCOC1CCNCC1. The number of hydrogen-bond acceptors (Lipinski definition) is 5. The summed E-state index contributed by atoms with van der Waals surface area (Å²) in [6.45, 7) is 3.26. The molecule has 0 aliphatic carbocycles. The van der Waals surface area contributed by atoms with Gasteiger partial charge in [0.25, 0.3) is 5.69 Å². The second-order valence-corrected chi connectivity index (χ2v) is 5.40. The monoisotopic (exact) mass is 313 g/mol. The van der Waals surface area contributed by atoms with Gasteiger partial charge in [0.1, 0.15) is 5.69 Å². The van der Waals surface area contributed by atoms with Gasteiger partial charge in [-0.25, -0.2) is 0 Å². The molecule has 0 aromatic heterocycles. The smallest absolute Gasteiger partial charge is 0.293 e. The number of rotatable bonds is 7. The number of halogens is 1. The molecule has 0 radical (unpaired) electrons. The normalized spacial score (nSPS) is 15.9. The van der Waals surface area contributed by atoms with E-state index in [9.17, 15) is 10.1 Å². The molecule has 2 rings (SSSR count). The maximum Gasteiger partial charge on any atom is 0.293 e. The highest BCUT2D eigenvalue weighted by molar-refractivity contribution is 6.33. The largest absolute Gasteiger partial charge is 0.378 e. The minimum absolute atomic E-state index is 0.00164. The molecule has 1 aliphatic rings. The first-order valence-corrected chi connectivity index (χ1v) is 7.55. The third kappa shape index (κ3) is 4.84. The van der Waals surface area contributed by atoms with Gasteiger partial charge in [0.2, 0.25) is 0 Å². The van der Waals surface area contributed by atoms with Gasteiger partial charge in [-0.15, -0.1) is 0 Å². The highest BCUT2D eigenvalue weighted by Gasteiger charge is 2.16. The Morgan fingerprint density at radius 1 is 1.43 bits per heavy atom. The molecule has 0 saturated carbocycles. The second kappa shape index (κ2) is 8.17. The van der Waals surface area contributed by atoms with Crippen molar-refractivity contribution in [3.8, 4) is 0 Å². The van der Waals surface area contributed by atoms with Crippen molar-refractivity contribution < 1.29 is 9.66 Å². The highest BCUT2D eigenvalue weighted by Crippen LogP contribution is 2.31. The van der Waals surface area contributed by atoms with Crippen molar-refractivity contribution in [2.24, 2.45) is 0 Å². The van der Waals surface area contributed by atoms with E-state index in [1.165, 1.54) is 6.07 Å². The van der Waals surface area contributed by atoms with E-state index in [1.54, 1.807) is 12.1 Å². The van der Waals surface area contributed by atoms with Crippen molar-refractivity contribution in [3.05, 3.63) is 33.3 Å². The summed E-state index contributed by atoms with van der Waals surface area (Å²) < 4.78 is 5.78. The van der Waals surface area contributed by atoms with Crippen LogP contribution in [0.2, 0.25) is 5.02 Å². The van der Waals surface area contributed by atoms with Gasteiger partial charge in [-0.05, 0) is 38.4 Å². The molecular weight excluding hydrogens is 294 g/mol. The summed E-state index contributed by atoms with van der Waals surface area (Å²) in [4.78, 5) is 10.5. The summed E-state index contributed by atoms with van der Waals surface area (Å²) in [5.74, 6) is 0. The molecule has 0 atom stereocenters. The number of nitro benzene ring substituents is 1. The van der Waals surface area contributed by atoms with Crippen molar-refractivity contribution >= 4 is 23.0 Å². The van der Waals surface area contributed by atoms with E-state index in [1.807, 2.05) is 0 Å². The molecule has 1 aromatic carbocycles. The molecule has 0 spiro atoms. The average Bonchev–Trinajstić information content (AvgIpc) is 2.49. The Kier molecular flexibility index (Phi) is 6.22. The maximum atomic E-state index is 10.9. The number of nitrogens with one attached hydrogen (secondary N) is 2.